The van der Waals surface area contributed by atoms with Gasteiger partial charge in [0, 0.05) is 6.54 Å². The zero-order chi connectivity index (χ0) is 38.5. The number of phenols is 1. The van der Waals surface area contributed by atoms with Gasteiger partial charge in [-0.3, -0.25) is 4.79 Å². The molecule has 57 heavy (non-hydrogen) atoms. The number of methoxy groups -OCH3 is 1. The van der Waals surface area contributed by atoms with Crippen LogP contribution in [0.25, 0.3) is 33.3 Å². The summed E-state index contributed by atoms with van der Waals surface area (Å²) in [6.45, 7) is 0.649. The van der Waals surface area contributed by atoms with Crippen molar-refractivity contribution in [2.75, 3.05) is 13.7 Å². The maximum Gasteiger partial charge on any atom is 0.407 e. The standard InChI is InChI=1S/C49H52N4O4/c1-57-46(56)52-43(30-9-3-2-4-10-30)45(55)53-29-49(21-22-49)28-41(53)44-50-39-15-11-31(23-40(39)51-44)32-12-13-33(36-25-47(24-35(32)36)17-5-6-18-47)34-14-16-42(54)38-27-48(26-37(34)38)19-7-8-20-48/h2-4,9-16,23,41,43,54H,5-8,17-22,24-29H2,1H3,(H,50,51)(H,52,56). The zero-order valence-electron chi connectivity index (χ0n) is 33.0. The number of alkyl carbamates (subject to hydrolysis) is 1. The fourth-order valence-corrected chi connectivity index (χ4v) is 12.2. The number of nitrogens with zero attached hydrogens (tertiary/aromatic N) is 2. The summed E-state index contributed by atoms with van der Waals surface area (Å²) in [6.07, 6.45) is 17.1. The first-order chi connectivity index (χ1) is 27.7. The summed E-state index contributed by atoms with van der Waals surface area (Å²) in [5.41, 5.74) is 14.2. The molecule has 2 atom stereocenters. The van der Waals surface area contributed by atoms with E-state index in [4.69, 9.17) is 9.72 Å². The van der Waals surface area contributed by atoms with Gasteiger partial charge >= 0.3 is 6.09 Å². The number of carbonyl (C=O) groups is 2. The highest BCUT2D eigenvalue weighted by molar-refractivity contribution is 5.89. The van der Waals surface area contributed by atoms with Crippen LogP contribution in [0.15, 0.2) is 72.8 Å². The van der Waals surface area contributed by atoms with Crippen LogP contribution in [0.1, 0.15) is 116 Å². The maximum absolute atomic E-state index is 14.4. The Morgan fingerprint density at radius 1 is 0.772 bits per heavy atom. The molecule has 2 amide bonds. The summed E-state index contributed by atoms with van der Waals surface area (Å²) in [5, 5.41) is 13.9. The van der Waals surface area contributed by atoms with E-state index < -0.39 is 12.1 Å². The van der Waals surface area contributed by atoms with Crippen LogP contribution < -0.4 is 5.32 Å². The molecule has 0 radical (unpaired) electrons. The number of ether oxygens (including phenoxy) is 1. The number of H-pyrrole nitrogens is 1. The quantitative estimate of drug-likeness (QED) is 0.160. The molecule has 3 spiro atoms. The van der Waals surface area contributed by atoms with E-state index in [0.29, 0.717) is 23.1 Å². The van der Waals surface area contributed by atoms with Crippen molar-refractivity contribution in [1.29, 1.82) is 0 Å². The number of rotatable bonds is 6. The summed E-state index contributed by atoms with van der Waals surface area (Å²) >= 11 is 0. The van der Waals surface area contributed by atoms with Gasteiger partial charge in [-0.25, -0.2) is 9.78 Å². The summed E-state index contributed by atoms with van der Waals surface area (Å²) < 4.78 is 4.94. The van der Waals surface area contributed by atoms with Crippen LogP contribution in [-0.2, 0) is 35.2 Å². The molecule has 292 valence electrons. The zero-order valence-corrected chi connectivity index (χ0v) is 33.0. The SMILES string of the molecule is COC(=O)NC(C(=O)N1CC2(CC2)CC1c1nc2ccc(-c3ccc(-c4ccc(O)c5c4CC4(CCCC4)C5)c4c3CC3(CCCC3)C4)cc2[nH]1)c1ccccc1. The first-order valence-electron chi connectivity index (χ1n) is 21.4. The molecule has 1 aliphatic heterocycles. The van der Waals surface area contributed by atoms with Crippen LogP contribution in [0.5, 0.6) is 5.75 Å². The van der Waals surface area contributed by atoms with Crippen LogP contribution in [0.3, 0.4) is 0 Å². The first-order valence-corrected chi connectivity index (χ1v) is 21.4. The van der Waals surface area contributed by atoms with Crippen molar-refractivity contribution in [2.24, 2.45) is 16.2 Å². The van der Waals surface area contributed by atoms with E-state index in [2.05, 4.69) is 46.7 Å². The number of amides is 2. The van der Waals surface area contributed by atoms with Gasteiger partial charge in [-0.05, 0) is 155 Å². The lowest BCUT2D eigenvalue weighted by Crippen LogP contribution is -2.43. The maximum atomic E-state index is 14.4. The van der Waals surface area contributed by atoms with Crippen molar-refractivity contribution in [2.45, 2.75) is 108 Å². The highest BCUT2D eigenvalue weighted by Crippen LogP contribution is 2.59. The van der Waals surface area contributed by atoms with E-state index in [1.165, 1.54) is 103 Å². The largest absolute Gasteiger partial charge is 0.508 e. The number of fused-ring (bicyclic) bond motifs is 3. The average Bonchev–Trinajstić information content (AvgIpc) is 3.92. The number of likely N-dealkylation sites (tertiary alicyclic amines) is 1. The highest BCUT2D eigenvalue weighted by atomic mass is 16.5. The minimum Gasteiger partial charge on any atom is -0.508 e. The Kier molecular flexibility index (Phi) is 7.97. The molecule has 4 aromatic carbocycles. The minimum atomic E-state index is -0.856. The number of hydrogen-bond acceptors (Lipinski definition) is 5. The van der Waals surface area contributed by atoms with E-state index in [9.17, 15) is 14.7 Å². The predicted molar refractivity (Wildman–Crippen MR) is 221 cm³/mol. The number of imidazole rings is 1. The Bertz CT molecular complexity index is 2430. The van der Waals surface area contributed by atoms with E-state index >= 15 is 0 Å². The van der Waals surface area contributed by atoms with Crippen molar-refractivity contribution in [3.63, 3.8) is 0 Å². The van der Waals surface area contributed by atoms with Crippen molar-refractivity contribution in [1.82, 2.24) is 20.2 Å². The van der Waals surface area contributed by atoms with E-state index in [0.717, 1.165) is 67.4 Å². The smallest absolute Gasteiger partial charge is 0.407 e. The van der Waals surface area contributed by atoms with Gasteiger partial charge in [-0.15, -0.1) is 0 Å². The van der Waals surface area contributed by atoms with Gasteiger partial charge < -0.3 is 25.0 Å². The summed E-state index contributed by atoms with van der Waals surface area (Å²) in [4.78, 5) is 37.7. The van der Waals surface area contributed by atoms with Crippen LogP contribution in [0, 0.1) is 16.2 Å². The number of phenolic OH excluding ortho intramolecular Hbond substituents is 1. The number of hydrogen-bond donors (Lipinski definition) is 3. The predicted octanol–water partition coefficient (Wildman–Crippen LogP) is 10.1. The fraction of sp³-hybridized carbons (Fsp3) is 0.449. The van der Waals surface area contributed by atoms with Crippen LogP contribution in [0.2, 0.25) is 0 Å². The van der Waals surface area contributed by atoms with Gasteiger partial charge in [0.05, 0.1) is 24.2 Å². The van der Waals surface area contributed by atoms with Crippen molar-refractivity contribution in [3.05, 3.63) is 106 Å². The Morgan fingerprint density at radius 2 is 1.39 bits per heavy atom. The third-order valence-corrected chi connectivity index (χ3v) is 15.4. The highest BCUT2D eigenvalue weighted by Gasteiger charge is 2.55. The van der Waals surface area contributed by atoms with Crippen LogP contribution >= 0.6 is 0 Å². The molecule has 6 aliphatic rings. The van der Waals surface area contributed by atoms with Crippen molar-refractivity contribution < 1.29 is 19.4 Å². The van der Waals surface area contributed by atoms with Gasteiger partial charge in [0.15, 0.2) is 0 Å². The first kappa shape index (κ1) is 35.1. The third kappa shape index (κ3) is 5.79. The topological polar surface area (TPSA) is 108 Å². The summed E-state index contributed by atoms with van der Waals surface area (Å²) in [7, 11) is 1.32. The number of aromatic nitrogens is 2. The lowest BCUT2D eigenvalue weighted by Gasteiger charge is -2.28. The fourth-order valence-electron chi connectivity index (χ4n) is 12.2. The average molecular weight is 761 g/mol. The molecule has 5 aliphatic carbocycles. The van der Waals surface area contributed by atoms with Crippen LogP contribution in [0.4, 0.5) is 4.79 Å². The lowest BCUT2D eigenvalue weighted by molar-refractivity contribution is -0.134. The monoisotopic (exact) mass is 760 g/mol. The second-order valence-electron chi connectivity index (χ2n) is 18.8. The molecule has 3 saturated carbocycles. The van der Waals surface area contributed by atoms with Gasteiger partial charge in [0.1, 0.15) is 17.6 Å². The lowest BCUT2D eigenvalue weighted by atomic mass is 9.82. The Balaban J connectivity index is 0.952. The molecule has 11 rings (SSSR count). The molecule has 0 bridgehead atoms. The number of nitrogens with one attached hydrogen (secondary N) is 2. The minimum absolute atomic E-state index is 0.102. The van der Waals surface area contributed by atoms with Crippen molar-refractivity contribution >= 4 is 23.0 Å². The molecule has 2 heterocycles. The van der Waals surface area contributed by atoms with E-state index in [1.54, 1.807) is 0 Å². The molecule has 4 fully saturated rings. The molecule has 1 saturated heterocycles. The molecular formula is C49H52N4O4. The number of carbonyl (C=O) groups excluding carboxylic acids is 2. The van der Waals surface area contributed by atoms with Crippen molar-refractivity contribution in [3.8, 4) is 28.0 Å². The third-order valence-electron chi connectivity index (χ3n) is 15.4. The molecule has 5 aromatic rings. The van der Waals surface area contributed by atoms with Gasteiger partial charge in [0.25, 0.3) is 5.91 Å². The Morgan fingerprint density at radius 3 is 2.05 bits per heavy atom. The molecular weight excluding hydrogens is 709 g/mol. The number of benzene rings is 4. The van der Waals surface area contributed by atoms with Gasteiger partial charge in [-0.1, -0.05) is 80.3 Å². The van der Waals surface area contributed by atoms with Gasteiger partial charge in [-0.2, -0.15) is 0 Å². The van der Waals surface area contributed by atoms with E-state index in [-0.39, 0.29) is 17.4 Å². The second kappa shape index (κ2) is 13.0. The molecule has 8 heteroatoms. The Hall–Kier alpha value is -5.11. The normalized spacial score (nSPS) is 22.4. The number of aromatic amines is 1. The Labute approximate surface area is 334 Å². The summed E-state index contributed by atoms with van der Waals surface area (Å²) in [6, 6.07) is 23.9. The van der Waals surface area contributed by atoms with Gasteiger partial charge in [0.2, 0.25) is 0 Å². The molecule has 8 nitrogen and oxygen atoms in total. The molecule has 3 N–H and O–H groups in total. The molecule has 2 unspecified atom stereocenters. The number of aromatic hydroxyl groups is 1. The summed E-state index contributed by atoms with van der Waals surface area (Å²) in [5.74, 6) is 1.14. The van der Waals surface area contributed by atoms with Crippen LogP contribution in [-0.4, -0.2) is 45.6 Å². The molecule has 1 aromatic heterocycles. The second-order valence-corrected chi connectivity index (χ2v) is 18.8. The van der Waals surface area contributed by atoms with E-state index in [1.807, 2.05) is 41.3 Å².